The number of allylic oxidation sites excluding steroid dienone is 26. The second kappa shape index (κ2) is 45.2. The number of Topliss-reactive ketones (excluding diaryl/α,β-unsaturated/α-hetero) is 2. The number of ether oxygens (including phenoxy) is 5. The van der Waals surface area contributed by atoms with Crippen LogP contribution >= 0.6 is 0 Å². The molecule has 4 heterocycles. The Balaban J connectivity index is 0.000000260. The lowest BCUT2D eigenvalue weighted by Gasteiger charge is -2.68. The van der Waals surface area contributed by atoms with Gasteiger partial charge in [-0.05, 0) is 188 Å². The van der Waals surface area contributed by atoms with Crippen molar-refractivity contribution in [2.45, 2.75) is 311 Å². The van der Waals surface area contributed by atoms with Gasteiger partial charge in [0.2, 0.25) is 0 Å². The highest BCUT2D eigenvalue weighted by atomic mass is 16.7. The Labute approximate surface area is 744 Å². The Bertz CT molecular complexity index is 4150. The maximum absolute atomic E-state index is 14.0. The van der Waals surface area contributed by atoms with Crippen LogP contribution in [0, 0.1) is 105 Å². The van der Waals surface area contributed by atoms with Crippen molar-refractivity contribution < 1.29 is 103 Å². The monoisotopic (exact) mass is 1740 g/mol. The predicted molar refractivity (Wildman–Crippen MR) is 484 cm³/mol. The summed E-state index contributed by atoms with van der Waals surface area (Å²) >= 11 is 0. The SMILES string of the molecule is CC/C=C\C/C=C\C/C=C\C/C=C\C/C=C\C/C=C\CCC(=O)O.CC/C=C\C/C=C\C/C=C\C/C=C\C/C=C\C/C=C\CCC(=O)O[C@@H]1C(=O)C=C(C)[C@@H]2C[C@H]3OC(=O)C(CC(=O)CC(O)(C(C)C)C(C)C)C4[C@@H](C)[C@@H](O)[C@@]5(O)OC[C@@]43C5[C@@]12C.CC1=CC(=O)[C@@H](O)[C@]2(C)C3[C@]45CO[C@]3(O)[C@H](O)[C@H](C)C4C(CC(=O)CC(O)(C(C)C)C(C)C)C(=O)O[C@@H]5C[C@@H]12. The van der Waals surface area contributed by atoms with E-state index in [0.29, 0.717) is 37.7 Å². The van der Waals surface area contributed by atoms with Crippen LogP contribution in [0.2, 0.25) is 0 Å². The minimum atomic E-state index is -2.15. The summed E-state index contributed by atoms with van der Waals surface area (Å²) in [5.74, 6) is -16.1. The molecule has 21 nitrogen and oxygen atoms in total. The smallest absolute Gasteiger partial charge is 0.309 e. The highest BCUT2D eigenvalue weighted by Gasteiger charge is 2.85. The number of hydrogen-bond acceptors (Lipinski definition) is 20. The molecular formula is C104H150O21. The molecule has 692 valence electrons. The van der Waals surface area contributed by atoms with Crippen LogP contribution in [-0.2, 0) is 62.0 Å². The second-order valence-corrected chi connectivity index (χ2v) is 38.8. The Kier molecular flexibility index (Phi) is 37.2. The van der Waals surface area contributed by atoms with Crippen molar-refractivity contribution in [3.05, 3.63) is 169 Å². The molecule has 10 rings (SSSR count). The average molecular weight is 1740 g/mol. The van der Waals surface area contributed by atoms with Crippen molar-refractivity contribution in [1.82, 2.24) is 0 Å². The number of fused-ring (bicyclic) bond motifs is 2. The molecule has 8 N–H and O–H groups in total. The van der Waals surface area contributed by atoms with Crippen LogP contribution in [-0.4, -0.2) is 160 Å². The molecule has 4 saturated carbocycles. The number of aliphatic hydroxyl groups is 7. The molecule has 6 unspecified atom stereocenters. The molecule has 4 bridgehead atoms. The number of carbonyl (C=O) groups is 8. The standard InChI is InChI=1S/C52H74O10.C30H44O9.C22H32O2/c1-9-10-11-12-13-14-15-16-17-18-19-20-21-22-23-24-25-26-27-28-43(55)62-46-41(54)29-36(6)40-31-42-50-33-60-52(59,48(50)49(40,46)8)45(56)37(7)44(50)39(47(57)61-42)30-38(53)32-51(58,34(2)3)35(4)5;1-13(2)29(36,14(3)4)11-17(31)9-18-22-16(6)23(33)30(37)26-27(7)19(15(5)8-20(32)24(27)34)10-21(39-25(18)35)28(22,26)12-38-30;1-2-3-4-5-6-7-8-9-10-11-12-13-14-15-16-17-18-19-20-21-22(23)24/h10-11,13-14,16-17,19-20,22-23,25-26,29,34-35,37,39-40,42,44-46,48,56,58-59H,9,12,15,18,21,24,27-28,30-33H2,1-8H3;8,13-14,16,18-19,21-24,26,33-34,36-37H,9-12H2,1-7H3;3-4,6-7,9-10,12-13,15-16,18-19H,2,5,8,11,14,17,20-21H2,1H3,(H,23,24)/b11-10-,14-13-,17-16-,20-19-,23-22-,26-25-;;4-3-,7-6-,10-9-,13-12-,16-15-,19-18-/t37-,39?,40+,42-,44?,45-,46-,48?,49-,50+,52-;16-,18?,19+,21-,22?,23-,24-,26?,27-,28+,30-;/m11./s1. The summed E-state index contributed by atoms with van der Waals surface area (Å²) in [6, 6.07) is 0. The Morgan fingerprint density at radius 1 is 0.472 bits per heavy atom. The molecule has 0 aromatic carbocycles. The number of carbonyl (C=O) groups excluding carboxylic acids is 7. The van der Waals surface area contributed by atoms with E-state index < -0.39 is 170 Å². The minimum absolute atomic E-state index is 0.0310. The third kappa shape index (κ3) is 22.2. The fourth-order valence-corrected chi connectivity index (χ4v) is 23.5. The summed E-state index contributed by atoms with van der Waals surface area (Å²) < 4.78 is 30.8. The van der Waals surface area contributed by atoms with Gasteiger partial charge < -0.3 is 64.5 Å². The van der Waals surface area contributed by atoms with Gasteiger partial charge in [-0.25, -0.2) is 0 Å². The molecule has 0 amide bonds. The molecule has 21 heteroatoms. The van der Waals surface area contributed by atoms with E-state index in [2.05, 4.69) is 135 Å². The van der Waals surface area contributed by atoms with Crippen molar-refractivity contribution >= 4 is 47.0 Å². The number of carboxylic acids is 1. The quantitative estimate of drug-likeness (QED) is 0.0160. The van der Waals surface area contributed by atoms with Crippen LogP contribution < -0.4 is 0 Å². The highest BCUT2D eigenvalue weighted by molar-refractivity contribution is 5.98. The molecule has 22 atom stereocenters. The minimum Gasteiger partial charge on any atom is -0.481 e. The fourth-order valence-electron chi connectivity index (χ4n) is 23.5. The Morgan fingerprint density at radius 3 is 1.10 bits per heavy atom. The number of hydrogen-bond donors (Lipinski definition) is 8. The van der Waals surface area contributed by atoms with E-state index in [1.54, 1.807) is 27.7 Å². The number of aliphatic carboxylic acids is 1. The summed E-state index contributed by atoms with van der Waals surface area (Å²) in [5.41, 5.74) is -5.64. The van der Waals surface area contributed by atoms with E-state index in [1.165, 1.54) is 12.2 Å². The van der Waals surface area contributed by atoms with E-state index in [1.807, 2.05) is 93.5 Å². The largest absolute Gasteiger partial charge is 0.481 e. The summed E-state index contributed by atoms with van der Waals surface area (Å²) in [5, 5.41) is 90.6. The lowest BCUT2D eigenvalue weighted by Crippen LogP contribution is -2.77. The van der Waals surface area contributed by atoms with Crippen molar-refractivity contribution in [2.75, 3.05) is 13.2 Å². The number of ketones is 4. The zero-order chi connectivity index (χ0) is 92.2. The van der Waals surface area contributed by atoms with Crippen molar-refractivity contribution in [3.8, 4) is 0 Å². The van der Waals surface area contributed by atoms with E-state index in [-0.39, 0.29) is 92.9 Å². The lowest BCUT2D eigenvalue weighted by molar-refractivity contribution is -0.337. The van der Waals surface area contributed by atoms with Gasteiger partial charge in [0.15, 0.2) is 29.2 Å². The van der Waals surface area contributed by atoms with Crippen LogP contribution in [0.25, 0.3) is 0 Å². The molecular weight excluding hydrogens is 1590 g/mol. The van der Waals surface area contributed by atoms with Crippen molar-refractivity contribution in [1.29, 1.82) is 0 Å². The third-order valence-corrected chi connectivity index (χ3v) is 29.9. The van der Waals surface area contributed by atoms with Gasteiger partial charge in [0.25, 0.3) is 0 Å². The molecule has 4 aliphatic heterocycles. The van der Waals surface area contributed by atoms with E-state index in [4.69, 9.17) is 28.8 Å². The van der Waals surface area contributed by atoms with Crippen LogP contribution in [0.15, 0.2) is 169 Å². The molecule has 4 saturated heterocycles. The first kappa shape index (κ1) is 103. The van der Waals surface area contributed by atoms with Gasteiger partial charge in [-0.3, -0.25) is 38.4 Å². The van der Waals surface area contributed by atoms with E-state index in [9.17, 15) is 74.1 Å². The predicted octanol–water partition coefficient (Wildman–Crippen LogP) is 17.1. The van der Waals surface area contributed by atoms with E-state index >= 15 is 0 Å². The van der Waals surface area contributed by atoms with Crippen LogP contribution in [0.1, 0.15) is 252 Å². The molecule has 0 aromatic rings. The number of carboxylic acid groups (broad SMARTS) is 1. The van der Waals surface area contributed by atoms with Gasteiger partial charge in [-0.2, -0.15) is 0 Å². The maximum atomic E-state index is 14.0. The topological polar surface area (TPSA) is 345 Å². The lowest BCUT2D eigenvalue weighted by atomic mass is 9.37. The van der Waals surface area contributed by atoms with Crippen LogP contribution in [0.5, 0.6) is 0 Å². The maximum Gasteiger partial charge on any atom is 0.309 e. The van der Waals surface area contributed by atoms with Gasteiger partial charge in [-0.15, -0.1) is 0 Å². The second-order valence-electron chi connectivity index (χ2n) is 38.8. The summed E-state index contributed by atoms with van der Waals surface area (Å²) in [6.07, 6.45) is 59.6. The van der Waals surface area contributed by atoms with E-state index in [0.717, 1.165) is 76.2 Å². The molecule has 0 aromatic heterocycles. The number of esters is 3. The summed E-state index contributed by atoms with van der Waals surface area (Å²) in [7, 11) is 0. The molecule has 6 aliphatic carbocycles. The fraction of sp³-hybridized carbons (Fsp3) is 0.654. The van der Waals surface area contributed by atoms with Gasteiger partial charge >= 0.3 is 23.9 Å². The molecule has 125 heavy (non-hydrogen) atoms. The van der Waals surface area contributed by atoms with Gasteiger partial charge in [0.05, 0.1) is 36.3 Å². The molecule has 2 spiro atoms. The molecule has 8 fully saturated rings. The highest BCUT2D eigenvalue weighted by Crippen LogP contribution is 2.77. The molecule has 0 radical (unpaired) electrons. The van der Waals surface area contributed by atoms with Crippen LogP contribution in [0.3, 0.4) is 0 Å². The number of aliphatic hydroxyl groups excluding tert-OH is 3. The summed E-state index contributed by atoms with van der Waals surface area (Å²) in [4.78, 5) is 106. The average Bonchev–Trinajstić information content (AvgIpc) is 1.55. The van der Waals surface area contributed by atoms with Crippen LogP contribution in [0.4, 0.5) is 0 Å². The first-order valence-electron chi connectivity index (χ1n) is 46.5. The first-order valence-corrected chi connectivity index (χ1v) is 46.5. The van der Waals surface area contributed by atoms with Crippen molar-refractivity contribution in [3.63, 3.8) is 0 Å². The van der Waals surface area contributed by atoms with Gasteiger partial charge in [-0.1, -0.05) is 254 Å². The summed E-state index contributed by atoms with van der Waals surface area (Å²) in [6.45, 7) is 29.8. The van der Waals surface area contributed by atoms with Gasteiger partial charge in [0.1, 0.15) is 42.1 Å². The zero-order valence-electron chi connectivity index (χ0n) is 77.4. The molecule has 10 aliphatic rings. The number of rotatable bonds is 41. The van der Waals surface area contributed by atoms with Crippen molar-refractivity contribution in [2.24, 2.45) is 105 Å². The Morgan fingerprint density at radius 2 is 0.776 bits per heavy atom. The first-order chi connectivity index (χ1) is 59.1. The Hall–Kier alpha value is -7.44. The zero-order valence-corrected chi connectivity index (χ0v) is 77.4. The normalized spacial score (nSPS) is 34.4. The third-order valence-electron chi connectivity index (χ3n) is 29.9. The van der Waals surface area contributed by atoms with Gasteiger partial charge in [0, 0.05) is 72.0 Å².